The minimum absolute atomic E-state index is 0.541. The lowest BCUT2D eigenvalue weighted by molar-refractivity contribution is 0.296. The first-order valence-electron chi connectivity index (χ1n) is 4.59. The fourth-order valence-electron chi connectivity index (χ4n) is 1.01. The zero-order valence-corrected chi connectivity index (χ0v) is 9.27. The first-order valence-corrected chi connectivity index (χ1v) is 6.20. The third kappa shape index (κ3) is 3.41. The normalized spacial score (nSPS) is 20.3. The molecule has 1 aliphatic carbocycles. The molecule has 1 fully saturated rings. The lowest BCUT2D eigenvalue weighted by atomic mass is 10.4. The van der Waals surface area contributed by atoms with E-state index in [1.165, 1.54) is 12.8 Å². The maximum Gasteiger partial charge on any atom is 0.384 e. The monoisotopic (exact) mass is 186 g/mol. The smallest absolute Gasteiger partial charge is 0.384 e. The van der Waals surface area contributed by atoms with Gasteiger partial charge in [0.25, 0.3) is 0 Å². The lowest BCUT2D eigenvalue weighted by Gasteiger charge is -2.15. The fraction of sp³-hybridized carbons (Fsp3) is 0.778. The summed E-state index contributed by atoms with van der Waals surface area (Å²) in [4.78, 5) is 0. The van der Waals surface area contributed by atoms with Crippen LogP contribution in [0, 0.1) is 5.92 Å². The molecule has 12 heavy (non-hydrogen) atoms. The van der Waals surface area contributed by atoms with E-state index >= 15 is 0 Å². The molecule has 0 aliphatic heterocycles. The Morgan fingerprint density at radius 1 is 1.42 bits per heavy atom. The summed E-state index contributed by atoms with van der Waals surface area (Å²) < 4.78 is 10.8. The highest BCUT2D eigenvalue weighted by atomic mass is 28.3. The van der Waals surface area contributed by atoms with Gasteiger partial charge in [0.2, 0.25) is 0 Å². The molecular weight excluding hydrogens is 168 g/mol. The van der Waals surface area contributed by atoms with Crippen molar-refractivity contribution in [3.8, 4) is 0 Å². The van der Waals surface area contributed by atoms with E-state index in [-0.39, 0.29) is 0 Å². The predicted octanol–water partition coefficient (Wildman–Crippen LogP) is 2.20. The standard InChI is InChI=1S/C9H18O2Si/c1-8(2)12(10-3)11-7-6-9-4-5-9/h6-9,12H,4-5H2,1-3H3. The van der Waals surface area contributed by atoms with Crippen LogP contribution in [0.25, 0.3) is 0 Å². The zero-order valence-electron chi connectivity index (χ0n) is 8.12. The zero-order chi connectivity index (χ0) is 8.97. The third-order valence-corrected chi connectivity index (χ3v) is 3.94. The van der Waals surface area contributed by atoms with Crippen LogP contribution >= 0.6 is 0 Å². The van der Waals surface area contributed by atoms with Crippen molar-refractivity contribution in [3.63, 3.8) is 0 Å². The highest BCUT2D eigenvalue weighted by Gasteiger charge is 2.19. The van der Waals surface area contributed by atoms with Crippen molar-refractivity contribution in [1.82, 2.24) is 0 Å². The Kier molecular flexibility index (Phi) is 3.82. The molecule has 3 heteroatoms. The van der Waals surface area contributed by atoms with Crippen LogP contribution in [-0.2, 0) is 8.85 Å². The van der Waals surface area contributed by atoms with E-state index in [1.807, 2.05) is 6.26 Å². The molecule has 0 aromatic rings. The summed E-state index contributed by atoms with van der Waals surface area (Å²) in [6.45, 7) is 4.29. The molecule has 0 spiro atoms. The molecule has 0 aromatic heterocycles. The van der Waals surface area contributed by atoms with Gasteiger partial charge in [0.1, 0.15) is 0 Å². The topological polar surface area (TPSA) is 18.5 Å². The molecule has 1 unspecified atom stereocenters. The Bertz CT molecular complexity index is 153. The first kappa shape index (κ1) is 9.80. The van der Waals surface area contributed by atoms with Crippen LogP contribution in [-0.4, -0.2) is 16.4 Å². The third-order valence-electron chi connectivity index (χ3n) is 1.96. The van der Waals surface area contributed by atoms with E-state index in [9.17, 15) is 0 Å². The van der Waals surface area contributed by atoms with E-state index in [2.05, 4.69) is 19.9 Å². The van der Waals surface area contributed by atoms with Crippen LogP contribution in [0.3, 0.4) is 0 Å². The second-order valence-corrected chi connectivity index (χ2v) is 6.46. The van der Waals surface area contributed by atoms with Crippen molar-refractivity contribution in [3.05, 3.63) is 12.3 Å². The van der Waals surface area contributed by atoms with Crippen molar-refractivity contribution in [2.45, 2.75) is 32.2 Å². The molecule has 70 valence electrons. The molecule has 1 saturated carbocycles. The largest absolute Gasteiger partial charge is 0.529 e. The molecule has 2 nitrogen and oxygen atoms in total. The number of hydrogen-bond donors (Lipinski definition) is 0. The SMILES string of the molecule is CO[SiH](OC=CC1CC1)C(C)C. The average molecular weight is 186 g/mol. The molecule has 0 N–H and O–H groups in total. The van der Waals surface area contributed by atoms with Crippen molar-refractivity contribution in [1.29, 1.82) is 0 Å². The molecule has 1 atom stereocenters. The van der Waals surface area contributed by atoms with E-state index in [0.717, 1.165) is 5.92 Å². The van der Waals surface area contributed by atoms with Crippen molar-refractivity contribution in [2.24, 2.45) is 5.92 Å². The van der Waals surface area contributed by atoms with E-state index in [0.29, 0.717) is 5.54 Å². The van der Waals surface area contributed by atoms with Crippen LogP contribution in [0.1, 0.15) is 26.7 Å². The first-order chi connectivity index (χ1) is 5.74. The lowest BCUT2D eigenvalue weighted by Crippen LogP contribution is -2.22. The summed E-state index contributed by atoms with van der Waals surface area (Å²) in [5.74, 6) is 0.795. The molecule has 0 radical (unpaired) electrons. The summed E-state index contributed by atoms with van der Waals surface area (Å²) in [7, 11) is 0.334. The Labute approximate surface area is 76.4 Å². The Hall–Kier alpha value is -0.283. The van der Waals surface area contributed by atoms with Gasteiger partial charge in [-0.1, -0.05) is 13.8 Å². The summed E-state index contributed by atoms with van der Waals surface area (Å²) in [6.07, 6.45) is 6.67. The Balaban J connectivity index is 2.17. The van der Waals surface area contributed by atoms with Gasteiger partial charge in [0, 0.05) is 12.7 Å². The van der Waals surface area contributed by atoms with Gasteiger partial charge in [-0.3, -0.25) is 0 Å². The molecule has 1 rings (SSSR count). The van der Waals surface area contributed by atoms with Crippen molar-refractivity contribution < 1.29 is 8.85 Å². The van der Waals surface area contributed by atoms with Gasteiger partial charge in [0.05, 0.1) is 6.26 Å². The van der Waals surface area contributed by atoms with Crippen LogP contribution in [0.15, 0.2) is 12.3 Å². The number of hydrogen-bond acceptors (Lipinski definition) is 2. The van der Waals surface area contributed by atoms with Gasteiger partial charge in [0.15, 0.2) is 0 Å². The molecule has 0 saturated heterocycles. The average Bonchev–Trinajstić information content (AvgIpc) is 2.80. The van der Waals surface area contributed by atoms with E-state index in [1.54, 1.807) is 7.11 Å². The second-order valence-electron chi connectivity index (χ2n) is 3.65. The van der Waals surface area contributed by atoms with E-state index in [4.69, 9.17) is 8.85 Å². The van der Waals surface area contributed by atoms with Gasteiger partial charge in [-0.2, -0.15) is 0 Å². The quantitative estimate of drug-likeness (QED) is 0.484. The van der Waals surface area contributed by atoms with Crippen LogP contribution in [0.5, 0.6) is 0 Å². The second kappa shape index (κ2) is 4.67. The maximum atomic E-state index is 5.54. The molecule has 0 bridgehead atoms. The van der Waals surface area contributed by atoms with Gasteiger partial charge in [-0.15, -0.1) is 0 Å². The van der Waals surface area contributed by atoms with Gasteiger partial charge in [-0.05, 0) is 24.8 Å². The minimum Gasteiger partial charge on any atom is -0.529 e. The minimum atomic E-state index is -1.40. The van der Waals surface area contributed by atoms with Crippen molar-refractivity contribution >= 4 is 9.28 Å². The highest BCUT2D eigenvalue weighted by molar-refractivity contribution is 6.46. The maximum absolute atomic E-state index is 5.54. The van der Waals surface area contributed by atoms with Crippen LogP contribution < -0.4 is 0 Å². The predicted molar refractivity (Wildman–Crippen MR) is 52.2 cm³/mol. The summed E-state index contributed by atoms with van der Waals surface area (Å²) in [5.41, 5.74) is 0.541. The highest BCUT2D eigenvalue weighted by Crippen LogP contribution is 2.30. The van der Waals surface area contributed by atoms with Gasteiger partial charge < -0.3 is 8.85 Å². The number of allylic oxidation sites excluding steroid dienone is 1. The van der Waals surface area contributed by atoms with Crippen LogP contribution in [0.2, 0.25) is 5.54 Å². The van der Waals surface area contributed by atoms with Gasteiger partial charge >= 0.3 is 9.28 Å². The summed E-state index contributed by atoms with van der Waals surface area (Å²) >= 11 is 0. The molecule has 0 heterocycles. The van der Waals surface area contributed by atoms with Crippen molar-refractivity contribution in [2.75, 3.05) is 7.11 Å². The summed E-state index contributed by atoms with van der Waals surface area (Å²) in [5, 5.41) is 0. The molecule has 1 aliphatic rings. The molecule has 0 aromatic carbocycles. The molecule has 0 amide bonds. The van der Waals surface area contributed by atoms with Crippen LogP contribution in [0.4, 0.5) is 0 Å². The Morgan fingerprint density at radius 3 is 2.50 bits per heavy atom. The van der Waals surface area contributed by atoms with Gasteiger partial charge in [-0.25, -0.2) is 0 Å². The Morgan fingerprint density at radius 2 is 2.08 bits per heavy atom. The summed E-state index contributed by atoms with van der Waals surface area (Å²) in [6, 6.07) is 0. The van der Waals surface area contributed by atoms with E-state index < -0.39 is 9.28 Å². The number of rotatable bonds is 5. The molecular formula is C9H18O2Si. The fourth-order valence-corrected chi connectivity index (χ4v) is 2.22.